The van der Waals surface area contributed by atoms with Crippen molar-refractivity contribution in [2.75, 3.05) is 33.8 Å². The number of ether oxygens (including phenoxy) is 5. The quantitative estimate of drug-likeness (QED) is 0.476. The first-order valence-corrected chi connectivity index (χ1v) is 11.6. The molecule has 1 N–H and O–H groups in total. The molecule has 0 spiro atoms. The lowest BCUT2D eigenvalue weighted by Crippen LogP contribution is -2.29. The number of nitrogens with one attached hydrogen (secondary N) is 1. The molecule has 0 saturated carbocycles. The predicted octanol–water partition coefficient (Wildman–Crippen LogP) is 3.53. The Morgan fingerprint density at radius 1 is 0.971 bits per heavy atom. The van der Waals surface area contributed by atoms with Gasteiger partial charge in [0.05, 0.1) is 56.2 Å². The van der Waals surface area contributed by atoms with Crippen molar-refractivity contribution in [3.63, 3.8) is 0 Å². The van der Waals surface area contributed by atoms with E-state index in [1.165, 1.54) is 40.6 Å². The zero-order valence-corrected chi connectivity index (χ0v) is 20.8. The topological polar surface area (TPSA) is 109 Å². The van der Waals surface area contributed by atoms with E-state index in [2.05, 4.69) is 5.32 Å². The van der Waals surface area contributed by atoms with Gasteiger partial charge in [0.25, 0.3) is 5.91 Å². The van der Waals surface area contributed by atoms with Crippen LogP contribution in [0.3, 0.4) is 0 Å². The van der Waals surface area contributed by atoms with E-state index in [1.807, 2.05) is 0 Å². The largest absolute Gasteiger partial charge is 0.496 e. The lowest BCUT2D eigenvalue weighted by molar-refractivity contribution is -0.150. The third-order valence-electron chi connectivity index (χ3n) is 4.68. The molecule has 0 bridgehead atoms. The highest BCUT2D eigenvalue weighted by molar-refractivity contribution is 7.87. The molecule has 2 aromatic rings. The Kier molecular flexibility index (Phi) is 9.93. The molecule has 0 heterocycles. The second kappa shape index (κ2) is 12.6. The highest BCUT2D eigenvalue weighted by atomic mass is 32.2. The van der Waals surface area contributed by atoms with E-state index >= 15 is 0 Å². The molecule has 0 aliphatic heterocycles. The maximum atomic E-state index is 12.8. The van der Waals surface area contributed by atoms with Crippen molar-refractivity contribution in [2.24, 2.45) is 0 Å². The van der Waals surface area contributed by atoms with Gasteiger partial charge in [0.15, 0.2) is 6.10 Å². The van der Waals surface area contributed by atoms with Gasteiger partial charge in [-0.15, -0.1) is 0 Å². The first-order valence-electron chi connectivity index (χ1n) is 10.2. The van der Waals surface area contributed by atoms with E-state index in [4.69, 9.17) is 23.7 Å². The third kappa shape index (κ3) is 7.24. The van der Waals surface area contributed by atoms with Gasteiger partial charge in [0.1, 0.15) is 23.0 Å². The number of methoxy groups -OCH3 is 4. The van der Waals surface area contributed by atoms with E-state index < -0.39 is 28.8 Å². The van der Waals surface area contributed by atoms with Crippen LogP contribution in [0.25, 0.3) is 6.08 Å². The molecular weight excluding hydrogens is 462 g/mol. The second-order valence-electron chi connectivity index (χ2n) is 7.05. The summed E-state index contributed by atoms with van der Waals surface area (Å²) in [6.45, 7) is 2.69. The number of rotatable bonds is 11. The summed E-state index contributed by atoms with van der Waals surface area (Å²) in [4.78, 5) is 23.4. The molecule has 0 aliphatic rings. The summed E-state index contributed by atoms with van der Waals surface area (Å²) >= 11 is 0. The summed E-state index contributed by atoms with van der Waals surface area (Å²) in [6.07, 6.45) is 0.692. The predicted molar refractivity (Wildman–Crippen MR) is 130 cm³/mol. The van der Waals surface area contributed by atoms with Crippen LogP contribution in [-0.2, 0) is 30.9 Å². The van der Waals surface area contributed by atoms with Crippen molar-refractivity contribution in [3.05, 3.63) is 46.9 Å². The smallest absolute Gasteiger partial charge is 0.303 e. The van der Waals surface area contributed by atoms with Crippen LogP contribution in [-0.4, -0.2) is 50.6 Å². The van der Waals surface area contributed by atoms with E-state index in [1.54, 1.807) is 43.5 Å². The van der Waals surface area contributed by atoms with Crippen LogP contribution in [0.15, 0.2) is 35.7 Å². The summed E-state index contributed by atoms with van der Waals surface area (Å²) in [5.41, 5.74) is 1.71. The zero-order valence-electron chi connectivity index (χ0n) is 20.0. The Morgan fingerprint density at radius 2 is 1.59 bits per heavy atom. The molecule has 0 aliphatic carbocycles. The number of carbonyl (C=O) groups is 2. The van der Waals surface area contributed by atoms with Crippen LogP contribution in [0, 0.1) is 0 Å². The minimum absolute atomic E-state index is 0.184. The first-order chi connectivity index (χ1) is 16.2. The molecule has 0 saturated heterocycles. The van der Waals surface area contributed by atoms with Crippen molar-refractivity contribution in [1.82, 2.24) is 0 Å². The monoisotopic (exact) mass is 491 g/mol. The fourth-order valence-corrected chi connectivity index (χ4v) is 3.92. The van der Waals surface area contributed by atoms with Gasteiger partial charge in [-0.1, -0.05) is 6.07 Å². The Balaban J connectivity index is 2.21. The van der Waals surface area contributed by atoms with E-state index in [-0.39, 0.29) is 5.75 Å². The van der Waals surface area contributed by atoms with Crippen LogP contribution >= 0.6 is 0 Å². The lowest BCUT2D eigenvalue weighted by Gasteiger charge is -2.15. The second-order valence-corrected chi connectivity index (χ2v) is 8.37. The molecule has 2 atom stereocenters. The molecule has 184 valence electrons. The van der Waals surface area contributed by atoms with E-state index in [9.17, 15) is 13.8 Å². The van der Waals surface area contributed by atoms with Crippen LogP contribution in [0.2, 0.25) is 0 Å². The molecule has 0 aromatic heterocycles. The number of hydrogen-bond donors (Lipinski definition) is 1. The minimum atomic E-state index is -1.39. The highest BCUT2D eigenvalue weighted by Gasteiger charge is 2.18. The summed E-state index contributed by atoms with van der Waals surface area (Å²) in [5, 5.41) is 4.22. The van der Waals surface area contributed by atoms with E-state index in [0.29, 0.717) is 39.8 Å². The fraction of sp³-hybridized carbons (Fsp3) is 0.333. The Bertz CT molecular complexity index is 1060. The molecule has 2 rings (SSSR count). The highest BCUT2D eigenvalue weighted by Crippen LogP contribution is 2.35. The van der Waals surface area contributed by atoms with Crippen molar-refractivity contribution in [1.29, 1.82) is 0 Å². The average molecular weight is 492 g/mol. The van der Waals surface area contributed by atoms with Crippen molar-refractivity contribution in [3.8, 4) is 23.0 Å². The zero-order chi connectivity index (χ0) is 25.3. The number of esters is 1. The van der Waals surface area contributed by atoms with Crippen molar-refractivity contribution < 1.29 is 37.5 Å². The number of benzene rings is 2. The van der Waals surface area contributed by atoms with Gasteiger partial charge in [0.2, 0.25) is 0 Å². The molecule has 0 radical (unpaired) electrons. The number of anilines is 1. The standard InChI is InChI=1S/C24H29NO8S/c1-15(33-16(2)26)24(27)25-20-11-17(7-8-21(20)30-4)14-34(28)10-9-19-22(31-5)12-18(29-3)13-23(19)32-6/h7-13,15H,14H2,1-6H3,(H,25,27)/b10-9+. The van der Waals surface area contributed by atoms with Crippen LogP contribution in [0.5, 0.6) is 23.0 Å². The maximum absolute atomic E-state index is 12.8. The molecule has 2 unspecified atom stereocenters. The summed E-state index contributed by atoms with van der Waals surface area (Å²) < 4.78 is 39.0. The van der Waals surface area contributed by atoms with Gasteiger partial charge >= 0.3 is 5.97 Å². The summed E-state index contributed by atoms with van der Waals surface area (Å²) in [5.74, 6) is 1.13. The third-order valence-corrected chi connectivity index (χ3v) is 5.74. The molecular formula is C24H29NO8S. The SMILES string of the molecule is COc1cc(OC)c(/C=C/S(=O)Cc2ccc(OC)c(NC(=O)C(C)OC(C)=O)c2)c(OC)c1. The minimum Gasteiger partial charge on any atom is -0.496 e. The average Bonchev–Trinajstić information content (AvgIpc) is 2.81. The van der Waals surface area contributed by atoms with Gasteiger partial charge in [-0.25, -0.2) is 0 Å². The van der Waals surface area contributed by atoms with Gasteiger partial charge in [0, 0.05) is 24.5 Å². The molecule has 34 heavy (non-hydrogen) atoms. The normalized spacial score (nSPS) is 12.5. The summed E-state index contributed by atoms with van der Waals surface area (Å²) in [6, 6.07) is 8.50. The van der Waals surface area contributed by atoms with Gasteiger partial charge in [-0.05, 0) is 30.7 Å². The van der Waals surface area contributed by atoms with Crippen LogP contribution in [0.1, 0.15) is 25.0 Å². The molecule has 10 heteroatoms. The Morgan fingerprint density at radius 3 is 2.12 bits per heavy atom. The van der Waals surface area contributed by atoms with Gasteiger partial charge in [-0.3, -0.25) is 13.8 Å². The fourth-order valence-electron chi connectivity index (χ4n) is 3.03. The Hall–Kier alpha value is -3.53. The Labute approximate surface area is 201 Å². The summed E-state index contributed by atoms with van der Waals surface area (Å²) in [7, 11) is 4.67. The number of hydrogen-bond acceptors (Lipinski definition) is 8. The van der Waals surface area contributed by atoms with Gasteiger partial charge < -0.3 is 29.0 Å². The van der Waals surface area contributed by atoms with Crippen LogP contribution < -0.4 is 24.3 Å². The lowest BCUT2D eigenvalue weighted by atomic mass is 10.1. The maximum Gasteiger partial charge on any atom is 0.303 e. The first kappa shape index (κ1) is 26.7. The molecule has 1 amide bonds. The number of amides is 1. The van der Waals surface area contributed by atoms with E-state index in [0.717, 1.165) is 0 Å². The molecule has 0 fully saturated rings. The van der Waals surface area contributed by atoms with Crippen molar-refractivity contribution >= 4 is 34.4 Å². The van der Waals surface area contributed by atoms with Crippen molar-refractivity contribution in [2.45, 2.75) is 25.7 Å². The number of carbonyl (C=O) groups excluding carboxylic acids is 2. The van der Waals surface area contributed by atoms with Gasteiger partial charge in [-0.2, -0.15) is 0 Å². The van der Waals surface area contributed by atoms with Crippen LogP contribution in [0.4, 0.5) is 5.69 Å². The molecule has 2 aromatic carbocycles. The molecule has 9 nitrogen and oxygen atoms in total.